The fraction of sp³-hybridized carbons (Fsp3) is 0.200. The Bertz CT molecular complexity index is 926. The third-order valence-electron chi connectivity index (χ3n) is 4.30. The van der Waals surface area contributed by atoms with Gasteiger partial charge in [0.15, 0.2) is 6.29 Å². The fourth-order valence-electron chi connectivity index (χ4n) is 2.89. The van der Waals surface area contributed by atoms with Crippen LogP contribution in [0.3, 0.4) is 0 Å². The average molecular weight is 336 g/mol. The van der Waals surface area contributed by atoms with Gasteiger partial charge in [0.25, 0.3) is 0 Å². The van der Waals surface area contributed by atoms with Gasteiger partial charge in [0, 0.05) is 29.9 Å². The number of esters is 1. The second-order valence-electron chi connectivity index (χ2n) is 6.07. The van der Waals surface area contributed by atoms with E-state index >= 15 is 0 Å². The van der Waals surface area contributed by atoms with Gasteiger partial charge in [-0.3, -0.25) is 4.79 Å². The number of nitrogens with zero attached hydrogens (tertiary/aromatic N) is 2. The summed E-state index contributed by atoms with van der Waals surface area (Å²) in [5.74, 6) is -0.394. The van der Waals surface area contributed by atoms with Gasteiger partial charge >= 0.3 is 5.97 Å². The Morgan fingerprint density at radius 3 is 2.56 bits per heavy atom. The van der Waals surface area contributed by atoms with Gasteiger partial charge in [-0.1, -0.05) is 23.8 Å². The van der Waals surface area contributed by atoms with Crippen LogP contribution in [0.25, 0.3) is 10.9 Å². The van der Waals surface area contributed by atoms with E-state index in [1.54, 1.807) is 18.2 Å². The molecular formula is C20H20N2O3. The molecule has 0 aliphatic heterocycles. The number of carbonyl (C=O) groups excluding carboxylic acids is 2. The topological polar surface area (TPSA) is 51.5 Å². The molecule has 0 bridgehead atoms. The molecule has 0 radical (unpaired) electrons. The van der Waals surface area contributed by atoms with Gasteiger partial charge in [0.1, 0.15) is 0 Å². The van der Waals surface area contributed by atoms with Gasteiger partial charge in [-0.2, -0.15) is 0 Å². The van der Waals surface area contributed by atoms with Crippen molar-refractivity contribution in [1.29, 1.82) is 0 Å². The summed E-state index contributed by atoms with van der Waals surface area (Å²) in [6, 6.07) is 13.5. The highest BCUT2D eigenvalue weighted by Gasteiger charge is 2.13. The molecule has 5 heteroatoms. The summed E-state index contributed by atoms with van der Waals surface area (Å²) in [6.07, 6.45) is 2.64. The van der Waals surface area contributed by atoms with Crippen LogP contribution in [0.4, 0.5) is 5.69 Å². The molecule has 0 saturated heterocycles. The van der Waals surface area contributed by atoms with E-state index in [0.29, 0.717) is 17.8 Å². The maximum Gasteiger partial charge on any atom is 0.337 e. The van der Waals surface area contributed by atoms with Crippen molar-refractivity contribution in [2.75, 3.05) is 19.1 Å². The van der Waals surface area contributed by atoms with E-state index in [0.717, 1.165) is 22.9 Å². The Morgan fingerprint density at radius 1 is 1.20 bits per heavy atom. The zero-order chi connectivity index (χ0) is 18.0. The minimum absolute atomic E-state index is 0.394. The molecule has 0 aliphatic carbocycles. The Balaban J connectivity index is 2.00. The number of aldehydes is 1. The quantitative estimate of drug-likeness (QED) is 0.527. The van der Waals surface area contributed by atoms with Gasteiger partial charge in [0.05, 0.1) is 24.9 Å². The molecule has 3 aromatic rings. The number of carbonyl (C=O) groups is 2. The molecule has 128 valence electrons. The second kappa shape index (κ2) is 6.81. The lowest BCUT2D eigenvalue weighted by atomic mass is 10.1. The molecule has 0 unspecified atom stereocenters. The van der Waals surface area contributed by atoms with Crippen LogP contribution in [-0.2, 0) is 11.4 Å². The zero-order valence-electron chi connectivity index (χ0n) is 14.5. The lowest BCUT2D eigenvalue weighted by Crippen LogP contribution is -2.20. The minimum atomic E-state index is -0.394. The lowest BCUT2D eigenvalue weighted by molar-refractivity contribution is 0.0601. The Kier molecular flexibility index (Phi) is 4.57. The Labute approximate surface area is 146 Å². The number of rotatable bonds is 5. The molecule has 0 spiro atoms. The van der Waals surface area contributed by atoms with Gasteiger partial charge in [0.2, 0.25) is 0 Å². The molecule has 0 saturated carbocycles. The van der Waals surface area contributed by atoms with Crippen molar-refractivity contribution in [3.05, 3.63) is 65.4 Å². The summed E-state index contributed by atoms with van der Waals surface area (Å²) in [4.78, 5) is 25.3. The van der Waals surface area contributed by atoms with Crippen LogP contribution in [0.2, 0.25) is 0 Å². The van der Waals surface area contributed by atoms with E-state index in [9.17, 15) is 9.59 Å². The monoisotopic (exact) mass is 336 g/mol. The minimum Gasteiger partial charge on any atom is -0.465 e. The summed E-state index contributed by atoms with van der Waals surface area (Å²) >= 11 is 0. The van der Waals surface area contributed by atoms with Crippen LogP contribution >= 0.6 is 0 Å². The first-order valence-electron chi connectivity index (χ1n) is 7.97. The third kappa shape index (κ3) is 3.26. The number of anilines is 1. The smallest absolute Gasteiger partial charge is 0.337 e. The molecule has 0 aliphatic rings. The van der Waals surface area contributed by atoms with Crippen LogP contribution in [0.5, 0.6) is 0 Å². The number of methoxy groups -OCH3 is 1. The molecular weight excluding hydrogens is 316 g/mol. The molecule has 3 rings (SSSR count). The van der Waals surface area contributed by atoms with Crippen molar-refractivity contribution in [3.8, 4) is 0 Å². The van der Waals surface area contributed by atoms with Gasteiger partial charge in [-0.25, -0.2) is 4.79 Å². The molecule has 1 heterocycles. The van der Waals surface area contributed by atoms with E-state index in [-0.39, 0.29) is 0 Å². The van der Waals surface area contributed by atoms with Crippen molar-refractivity contribution >= 4 is 28.8 Å². The summed E-state index contributed by atoms with van der Waals surface area (Å²) < 4.78 is 6.76. The summed E-state index contributed by atoms with van der Waals surface area (Å²) in [7, 11) is 3.34. The first-order valence-corrected chi connectivity index (χ1v) is 7.97. The van der Waals surface area contributed by atoms with Crippen LogP contribution < -0.4 is 4.90 Å². The average Bonchev–Trinajstić information content (AvgIpc) is 2.98. The normalized spacial score (nSPS) is 10.7. The molecule has 5 nitrogen and oxygen atoms in total. The molecule has 2 aromatic carbocycles. The third-order valence-corrected chi connectivity index (χ3v) is 4.30. The number of benzene rings is 2. The van der Waals surface area contributed by atoms with E-state index in [1.165, 1.54) is 12.7 Å². The van der Waals surface area contributed by atoms with Crippen molar-refractivity contribution < 1.29 is 14.3 Å². The van der Waals surface area contributed by atoms with Gasteiger partial charge < -0.3 is 14.2 Å². The van der Waals surface area contributed by atoms with Crippen LogP contribution in [-0.4, -0.2) is 31.0 Å². The molecule has 1 aromatic heterocycles. The van der Waals surface area contributed by atoms with E-state index < -0.39 is 5.97 Å². The summed E-state index contributed by atoms with van der Waals surface area (Å²) in [5, 5.41) is 0.819. The van der Waals surface area contributed by atoms with E-state index in [1.807, 2.05) is 24.7 Å². The number of ether oxygens (including phenoxy) is 1. The highest BCUT2D eigenvalue weighted by Crippen LogP contribution is 2.24. The zero-order valence-corrected chi connectivity index (χ0v) is 14.5. The molecule has 0 N–H and O–H groups in total. The Morgan fingerprint density at radius 2 is 1.92 bits per heavy atom. The van der Waals surface area contributed by atoms with Crippen molar-refractivity contribution in [2.24, 2.45) is 0 Å². The van der Waals surface area contributed by atoms with Gasteiger partial charge in [-0.15, -0.1) is 0 Å². The molecule has 0 amide bonds. The van der Waals surface area contributed by atoms with E-state index in [2.05, 4.69) is 29.2 Å². The number of hydrogen-bond acceptors (Lipinski definition) is 4. The van der Waals surface area contributed by atoms with Crippen LogP contribution in [0.15, 0.2) is 48.7 Å². The van der Waals surface area contributed by atoms with Crippen LogP contribution in [0.1, 0.15) is 26.3 Å². The van der Waals surface area contributed by atoms with Crippen molar-refractivity contribution in [1.82, 2.24) is 4.57 Å². The van der Waals surface area contributed by atoms with Gasteiger partial charge in [-0.05, 0) is 31.2 Å². The largest absolute Gasteiger partial charge is 0.465 e. The first kappa shape index (κ1) is 16.8. The predicted molar refractivity (Wildman–Crippen MR) is 98.2 cm³/mol. The highest BCUT2D eigenvalue weighted by atomic mass is 16.5. The van der Waals surface area contributed by atoms with E-state index in [4.69, 9.17) is 4.74 Å². The van der Waals surface area contributed by atoms with Crippen molar-refractivity contribution in [3.63, 3.8) is 0 Å². The standard InChI is InChI=1S/C20H20N2O3/c1-14-4-7-17(8-5-14)21(2)13-22-11-16(12-23)18-9-6-15(10-19(18)22)20(24)25-3/h4-12H,13H2,1-3H3. The number of fused-ring (bicyclic) bond motifs is 1. The molecule has 0 fully saturated rings. The molecule has 0 atom stereocenters. The predicted octanol–water partition coefficient (Wildman–Crippen LogP) is 3.64. The highest BCUT2D eigenvalue weighted by molar-refractivity contribution is 6.01. The maximum absolute atomic E-state index is 11.8. The number of hydrogen-bond donors (Lipinski definition) is 0. The molecule has 25 heavy (non-hydrogen) atoms. The summed E-state index contributed by atoms with van der Waals surface area (Å²) in [6.45, 7) is 2.60. The first-order chi connectivity index (χ1) is 12.0. The summed E-state index contributed by atoms with van der Waals surface area (Å²) in [5.41, 5.74) is 4.16. The van der Waals surface area contributed by atoms with Crippen molar-refractivity contribution in [2.45, 2.75) is 13.6 Å². The number of aryl methyl sites for hydroxylation is 1. The Hall–Kier alpha value is -3.08. The fourth-order valence-corrected chi connectivity index (χ4v) is 2.89. The second-order valence-corrected chi connectivity index (χ2v) is 6.07. The maximum atomic E-state index is 11.8. The van der Waals surface area contributed by atoms with Crippen LogP contribution in [0, 0.1) is 6.92 Å². The SMILES string of the molecule is COC(=O)c1ccc2c(C=O)cn(CN(C)c3ccc(C)cc3)c2c1. The number of aromatic nitrogens is 1. The lowest BCUT2D eigenvalue weighted by Gasteiger charge is -2.21.